The number of benzene rings is 1. The second-order valence-corrected chi connectivity index (χ2v) is 5.31. The van der Waals surface area contributed by atoms with Crippen molar-refractivity contribution in [1.82, 2.24) is 0 Å². The van der Waals surface area contributed by atoms with E-state index < -0.39 is 0 Å². The maximum absolute atomic E-state index is 12.7. The largest absolute Gasteiger partial charge is 0.507 e. The van der Waals surface area contributed by atoms with Crippen LogP contribution in [0.15, 0.2) is 12.1 Å². The molecule has 3 heteroatoms. The highest BCUT2D eigenvalue weighted by molar-refractivity contribution is 9.23. The molecule has 0 atom stereocenters. The van der Waals surface area contributed by atoms with Crippen molar-refractivity contribution in [2.24, 2.45) is 0 Å². The zero-order chi connectivity index (χ0) is 8.43. The molecule has 0 nitrogen and oxygen atoms in total. The summed E-state index contributed by atoms with van der Waals surface area (Å²) in [5, 5.41) is 0. The summed E-state index contributed by atoms with van der Waals surface area (Å²) >= 11 is 3.16. The van der Waals surface area contributed by atoms with Crippen molar-refractivity contribution in [3.8, 4) is 0 Å². The summed E-state index contributed by atoms with van der Waals surface area (Å²) in [6, 6.07) is 3.19. The van der Waals surface area contributed by atoms with Gasteiger partial charge in [0.15, 0.2) is 0 Å². The third-order valence-corrected chi connectivity index (χ3v) is 4.86. The second-order valence-electron chi connectivity index (χ2n) is 2.65. The first-order valence-electron chi connectivity index (χ1n) is 3.46. The number of hydrogen-bond donors (Lipinski definition) is 0. The number of rotatable bonds is 1. The van der Waals surface area contributed by atoms with Gasteiger partial charge < -0.3 is 0 Å². The Labute approximate surface area is 81.8 Å². The molecule has 0 aliphatic heterocycles. The molecule has 0 N–H and O–H groups in total. The first-order valence-corrected chi connectivity index (χ1v) is 8.07. The van der Waals surface area contributed by atoms with Gasteiger partial charge in [0.1, 0.15) is 5.82 Å². The van der Waals surface area contributed by atoms with Crippen LogP contribution in [0.3, 0.4) is 0 Å². The van der Waals surface area contributed by atoms with Crippen LogP contribution in [0.25, 0.3) is 0 Å². The Morgan fingerprint density at radius 1 is 1.27 bits per heavy atom. The highest BCUT2D eigenvalue weighted by Crippen LogP contribution is 2.05. The predicted octanol–water partition coefficient (Wildman–Crippen LogP) is 2.08. The van der Waals surface area contributed by atoms with Gasteiger partial charge in [0, 0.05) is 0 Å². The quantitative estimate of drug-likeness (QED) is 0.644. The van der Waals surface area contributed by atoms with Crippen molar-refractivity contribution in [2.75, 3.05) is 0 Å². The zero-order valence-electron chi connectivity index (χ0n) is 6.62. The number of aryl methyl sites for hydroxylation is 2. The number of hydrogen-bond acceptors (Lipinski definition) is 0. The van der Waals surface area contributed by atoms with Gasteiger partial charge in [-0.2, -0.15) is 0 Å². The molecule has 0 aromatic heterocycles. The SMILES string of the molecule is Cc1cc(F)cc(C)[c]1[Mg][Br]. The van der Waals surface area contributed by atoms with Crippen LogP contribution in [0.4, 0.5) is 4.39 Å². The number of halogens is 2. The van der Waals surface area contributed by atoms with Gasteiger partial charge in [-0.25, -0.2) is 4.39 Å². The Balaban J connectivity index is 3.25. The van der Waals surface area contributed by atoms with Crippen LogP contribution in [-0.4, -0.2) is 18.2 Å². The molecule has 1 rings (SSSR count). The third-order valence-electron chi connectivity index (χ3n) is 1.79. The zero-order valence-corrected chi connectivity index (χ0v) is 9.62. The van der Waals surface area contributed by atoms with Gasteiger partial charge in [-0.3, -0.25) is 12.9 Å². The van der Waals surface area contributed by atoms with Crippen LogP contribution < -0.4 is 3.69 Å². The molecule has 0 unspecified atom stereocenters. The molecule has 0 aliphatic carbocycles. The van der Waals surface area contributed by atoms with E-state index in [1.807, 2.05) is 13.8 Å². The van der Waals surface area contributed by atoms with Crippen LogP contribution in [0.2, 0.25) is 0 Å². The summed E-state index contributed by atoms with van der Waals surface area (Å²) in [7, 11) is 0. The summed E-state index contributed by atoms with van der Waals surface area (Å²) in [5.41, 5.74) is 2.15. The lowest BCUT2D eigenvalue weighted by Gasteiger charge is -2.06. The van der Waals surface area contributed by atoms with E-state index in [1.165, 1.54) is 3.69 Å². The van der Waals surface area contributed by atoms with Gasteiger partial charge >= 0.3 is 18.2 Å². The third kappa shape index (κ3) is 2.17. The molecule has 0 heterocycles. The molecule has 11 heavy (non-hydrogen) atoms. The van der Waals surface area contributed by atoms with E-state index in [4.69, 9.17) is 0 Å². The summed E-state index contributed by atoms with van der Waals surface area (Å²) < 4.78 is 14.1. The van der Waals surface area contributed by atoms with Crippen LogP contribution in [-0.2, 0) is 0 Å². The lowest BCUT2D eigenvalue weighted by Crippen LogP contribution is -2.16. The highest BCUT2D eigenvalue weighted by atomic mass is 79.9. The monoisotopic (exact) mass is 226 g/mol. The molecule has 0 aliphatic rings. The standard InChI is InChI=1S/C8H8F.BrH.Mg/c1-6-3-7(2)5-8(9)4-6;;/h4-5H,1-2H3;1H;/q;;+1/p-1. The fourth-order valence-corrected chi connectivity index (χ4v) is 4.43. The van der Waals surface area contributed by atoms with Gasteiger partial charge in [-0.05, 0) is 26.0 Å². The average Bonchev–Trinajstić information content (AvgIpc) is 1.85. The highest BCUT2D eigenvalue weighted by Gasteiger charge is 2.04. The maximum atomic E-state index is 12.7. The molecule has 0 fully saturated rings. The van der Waals surface area contributed by atoms with Gasteiger partial charge in [-0.15, -0.1) is 3.69 Å². The van der Waals surface area contributed by atoms with Gasteiger partial charge in [-0.1, -0.05) is 11.1 Å². The summed E-state index contributed by atoms with van der Waals surface area (Å²) in [6.07, 6.45) is 0. The van der Waals surface area contributed by atoms with Gasteiger partial charge in [0.2, 0.25) is 0 Å². The maximum Gasteiger partial charge on any atom is 0.507 e. The minimum Gasteiger partial charge on any atom is -0.296 e. The Morgan fingerprint density at radius 3 is 2.09 bits per heavy atom. The van der Waals surface area contributed by atoms with E-state index in [9.17, 15) is 4.39 Å². The van der Waals surface area contributed by atoms with Crippen LogP contribution in [0.1, 0.15) is 11.1 Å². The fraction of sp³-hybridized carbons (Fsp3) is 0.250. The van der Waals surface area contributed by atoms with E-state index >= 15 is 0 Å². The molecule has 56 valence electrons. The Bertz CT molecular complexity index is 250. The topological polar surface area (TPSA) is 0 Å². The molecule has 0 radical (unpaired) electrons. The average molecular weight is 227 g/mol. The fourth-order valence-electron chi connectivity index (χ4n) is 1.15. The summed E-state index contributed by atoms with van der Waals surface area (Å²) in [5.74, 6) is -0.126. The minimum absolute atomic E-state index is 0.126. The Kier molecular flexibility index (Phi) is 3.34. The summed E-state index contributed by atoms with van der Waals surface area (Å²) in [6.45, 7) is 3.92. The van der Waals surface area contributed by atoms with E-state index in [1.54, 1.807) is 12.1 Å². The molecular weight excluding hydrogens is 219 g/mol. The van der Waals surface area contributed by atoms with Gasteiger partial charge in [0.25, 0.3) is 0 Å². The van der Waals surface area contributed by atoms with E-state index in [2.05, 4.69) is 12.9 Å². The van der Waals surface area contributed by atoms with Crippen molar-refractivity contribution in [1.29, 1.82) is 0 Å². The smallest absolute Gasteiger partial charge is 0.296 e. The molecule has 0 saturated carbocycles. The molecule has 1 aromatic rings. The predicted molar refractivity (Wildman–Crippen MR) is 50.2 cm³/mol. The molecule has 0 amide bonds. The van der Waals surface area contributed by atoms with Crippen LogP contribution in [0.5, 0.6) is 0 Å². The molecular formula is C8H8BrFMg. The first-order chi connectivity index (χ1) is 5.15. The molecule has 0 spiro atoms. The lowest BCUT2D eigenvalue weighted by atomic mass is 10.1. The Morgan fingerprint density at radius 2 is 1.73 bits per heavy atom. The second kappa shape index (κ2) is 3.87. The van der Waals surface area contributed by atoms with Crippen molar-refractivity contribution in [3.63, 3.8) is 0 Å². The minimum atomic E-state index is -0.337. The molecule has 0 bridgehead atoms. The van der Waals surface area contributed by atoms with Crippen molar-refractivity contribution in [3.05, 3.63) is 29.1 Å². The normalized spacial score (nSPS) is 9.45. The lowest BCUT2D eigenvalue weighted by molar-refractivity contribution is 0.626. The van der Waals surface area contributed by atoms with E-state index in [0.29, 0.717) is 0 Å². The van der Waals surface area contributed by atoms with Crippen LogP contribution >= 0.6 is 12.9 Å². The molecule has 1 aromatic carbocycles. The Hall–Kier alpha value is 0.396. The van der Waals surface area contributed by atoms with Crippen LogP contribution in [0, 0.1) is 19.7 Å². The van der Waals surface area contributed by atoms with Gasteiger partial charge in [0.05, 0.1) is 0 Å². The molecule has 0 saturated heterocycles. The van der Waals surface area contributed by atoms with E-state index in [0.717, 1.165) is 11.1 Å². The first kappa shape index (κ1) is 9.48. The van der Waals surface area contributed by atoms with E-state index in [-0.39, 0.29) is 24.0 Å². The van der Waals surface area contributed by atoms with Crippen molar-refractivity contribution in [2.45, 2.75) is 13.8 Å². The van der Waals surface area contributed by atoms with Crippen molar-refractivity contribution >= 4 is 34.8 Å². The van der Waals surface area contributed by atoms with Crippen molar-refractivity contribution < 1.29 is 4.39 Å². The summed E-state index contributed by atoms with van der Waals surface area (Å²) in [4.78, 5) is 0.